The Hall–Kier alpha value is -2.17. The van der Waals surface area contributed by atoms with Crippen LogP contribution >= 0.6 is 0 Å². The van der Waals surface area contributed by atoms with Gasteiger partial charge in [0, 0.05) is 25.2 Å². The summed E-state index contributed by atoms with van der Waals surface area (Å²) in [5.41, 5.74) is 3.32. The first-order valence-corrected chi connectivity index (χ1v) is 7.90. The molecular formula is C19H21NO3. The molecule has 1 aliphatic heterocycles. The Bertz CT molecular complexity index is 671. The van der Waals surface area contributed by atoms with E-state index < -0.39 is 6.10 Å². The highest BCUT2D eigenvalue weighted by Gasteiger charge is 2.18. The summed E-state index contributed by atoms with van der Waals surface area (Å²) < 4.78 is 5.59. The summed E-state index contributed by atoms with van der Waals surface area (Å²) in [4.78, 5) is 13.0. The molecule has 0 saturated carbocycles. The first kappa shape index (κ1) is 15.7. The molecule has 2 aromatic carbocycles. The van der Waals surface area contributed by atoms with Gasteiger partial charge in [-0.1, -0.05) is 36.4 Å². The van der Waals surface area contributed by atoms with Crippen LogP contribution in [0.3, 0.4) is 0 Å². The molecule has 0 amide bonds. The molecule has 0 saturated heterocycles. The van der Waals surface area contributed by atoms with Crippen molar-refractivity contribution in [2.75, 3.05) is 19.7 Å². The van der Waals surface area contributed by atoms with Gasteiger partial charge in [-0.05, 0) is 29.7 Å². The number of rotatable bonds is 6. The number of hydrogen-bond donors (Lipinski definition) is 1. The summed E-state index contributed by atoms with van der Waals surface area (Å²) in [7, 11) is 0. The third kappa shape index (κ3) is 4.18. The highest BCUT2D eigenvalue weighted by molar-refractivity contribution is 5.75. The predicted molar refractivity (Wildman–Crippen MR) is 88.8 cm³/mol. The van der Waals surface area contributed by atoms with E-state index in [9.17, 15) is 9.90 Å². The molecule has 0 spiro atoms. The molecule has 23 heavy (non-hydrogen) atoms. The van der Waals surface area contributed by atoms with Gasteiger partial charge >= 0.3 is 0 Å². The molecule has 1 atom stereocenters. The smallest absolute Gasteiger partial charge is 0.150 e. The van der Waals surface area contributed by atoms with Gasteiger partial charge in [-0.2, -0.15) is 0 Å². The largest absolute Gasteiger partial charge is 0.491 e. The second kappa shape index (κ2) is 7.40. The summed E-state index contributed by atoms with van der Waals surface area (Å²) in [6, 6.07) is 15.4. The van der Waals surface area contributed by atoms with Gasteiger partial charge in [-0.25, -0.2) is 0 Å². The number of aldehydes is 1. The third-order valence-corrected chi connectivity index (χ3v) is 4.12. The minimum Gasteiger partial charge on any atom is -0.491 e. The molecule has 0 radical (unpaired) electrons. The number of β-amino-alcohol motifs (C(OH)–C–C–N with tert-alkyl or cyclic N) is 1. The number of aliphatic hydroxyl groups is 1. The summed E-state index contributed by atoms with van der Waals surface area (Å²) >= 11 is 0. The van der Waals surface area contributed by atoms with E-state index in [0.717, 1.165) is 25.8 Å². The van der Waals surface area contributed by atoms with E-state index in [1.54, 1.807) is 24.3 Å². The van der Waals surface area contributed by atoms with Crippen LogP contribution in [0, 0.1) is 0 Å². The fourth-order valence-electron chi connectivity index (χ4n) is 2.93. The number of nitrogens with zero attached hydrogens (tertiary/aromatic N) is 1. The SMILES string of the molecule is O=Cc1cccc(OCC(O)CN2CCc3ccccc3C2)c1. The molecule has 0 bridgehead atoms. The maximum atomic E-state index is 10.7. The lowest BCUT2D eigenvalue weighted by Gasteiger charge is -2.30. The summed E-state index contributed by atoms with van der Waals surface area (Å²) in [5.74, 6) is 0.609. The van der Waals surface area contributed by atoms with Crippen molar-refractivity contribution in [1.82, 2.24) is 4.90 Å². The lowest BCUT2D eigenvalue weighted by atomic mass is 10.00. The Kier molecular flexibility index (Phi) is 5.05. The van der Waals surface area contributed by atoms with Crippen LogP contribution in [0.1, 0.15) is 21.5 Å². The van der Waals surface area contributed by atoms with Crippen LogP contribution in [-0.2, 0) is 13.0 Å². The highest BCUT2D eigenvalue weighted by Crippen LogP contribution is 2.19. The van der Waals surface area contributed by atoms with Gasteiger partial charge in [0.1, 0.15) is 24.7 Å². The van der Waals surface area contributed by atoms with Gasteiger partial charge in [0.15, 0.2) is 0 Å². The molecule has 1 aliphatic rings. The van der Waals surface area contributed by atoms with E-state index in [-0.39, 0.29) is 6.61 Å². The van der Waals surface area contributed by atoms with Crippen LogP contribution in [0.25, 0.3) is 0 Å². The van der Waals surface area contributed by atoms with Crippen molar-refractivity contribution in [3.8, 4) is 5.75 Å². The van der Waals surface area contributed by atoms with E-state index in [4.69, 9.17) is 4.74 Å². The van der Waals surface area contributed by atoms with Crippen LogP contribution in [0.4, 0.5) is 0 Å². The van der Waals surface area contributed by atoms with Gasteiger partial charge in [-0.3, -0.25) is 9.69 Å². The molecule has 4 heteroatoms. The highest BCUT2D eigenvalue weighted by atomic mass is 16.5. The number of carbonyl (C=O) groups is 1. The standard InChI is InChI=1S/C19H21NO3/c21-13-15-4-3-7-19(10-15)23-14-18(22)12-20-9-8-16-5-1-2-6-17(16)11-20/h1-7,10,13,18,22H,8-9,11-12,14H2. The van der Waals surface area contributed by atoms with Gasteiger partial charge < -0.3 is 9.84 Å². The first-order chi connectivity index (χ1) is 11.2. The molecule has 0 aromatic heterocycles. The zero-order valence-corrected chi connectivity index (χ0v) is 13.0. The van der Waals surface area contributed by atoms with Crippen LogP contribution in [-0.4, -0.2) is 42.1 Å². The summed E-state index contributed by atoms with van der Waals surface area (Å²) in [6.45, 7) is 2.63. The monoisotopic (exact) mass is 311 g/mol. The number of fused-ring (bicyclic) bond motifs is 1. The lowest BCUT2D eigenvalue weighted by Crippen LogP contribution is -2.38. The van der Waals surface area contributed by atoms with Crippen LogP contribution in [0.5, 0.6) is 5.75 Å². The Labute approximate surface area is 136 Å². The third-order valence-electron chi connectivity index (χ3n) is 4.12. The van der Waals surface area contributed by atoms with Crippen LogP contribution in [0.15, 0.2) is 48.5 Å². The molecule has 2 aromatic rings. The summed E-state index contributed by atoms with van der Waals surface area (Å²) in [6.07, 6.45) is 1.25. The molecule has 1 unspecified atom stereocenters. The maximum absolute atomic E-state index is 10.7. The number of hydrogen-bond acceptors (Lipinski definition) is 4. The molecule has 0 fully saturated rings. The van der Waals surface area contributed by atoms with Crippen LogP contribution in [0.2, 0.25) is 0 Å². The molecule has 0 aliphatic carbocycles. The van der Waals surface area contributed by atoms with Gasteiger partial charge in [0.05, 0.1) is 0 Å². The maximum Gasteiger partial charge on any atom is 0.150 e. The van der Waals surface area contributed by atoms with Gasteiger partial charge in [-0.15, -0.1) is 0 Å². The van der Waals surface area contributed by atoms with Crippen molar-refractivity contribution in [3.63, 3.8) is 0 Å². The predicted octanol–water partition coefficient (Wildman–Crippen LogP) is 2.30. The first-order valence-electron chi connectivity index (χ1n) is 7.90. The minimum absolute atomic E-state index is 0.223. The Balaban J connectivity index is 1.50. The van der Waals surface area contributed by atoms with E-state index in [2.05, 4.69) is 29.2 Å². The Morgan fingerprint density at radius 2 is 2.00 bits per heavy atom. The molecule has 1 heterocycles. The average molecular weight is 311 g/mol. The molecule has 4 nitrogen and oxygen atoms in total. The van der Waals surface area contributed by atoms with E-state index in [1.807, 2.05) is 0 Å². The summed E-state index contributed by atoms with van der Waals surface area (Å²) in [5, 5.41) is 10.2. The quantitative estimate of drug-likeness (QED) is 0.832. The Morgan fingerprint density at radius 1 is 1.17 bits per heavy atom. The Morgan fingerprint density at radius 3 is 2.83 bits per heavy atom. The molecular weight excluding hydrogens is 290 g/mol. The lowest BCUT2D eigenvalue weighted by molar-refractivity contribution is 0.0637. The molecule has 120 valence electrons. The number of ether oxygens (including phenoxy) is 1. The number of aliphatic hydroxyl groups excluding tert-OH is 1. The van der Waals surface area contributed by atoms with Crippen molar-refractivity contribution >= 4 is 6.29 Å². The van der Waals surface area contributed by atoms with E-state index >= 15 is 0 Å². The van der Waals surface area contributed by atoms with Gasteiger partial charge in [0.2, 0.25) is 0 Å². The molecule has 3 rings (SSSR count). The normalized spacial score (nSPS) is 15.7. The van der Waals surface area contributed by atoms with Crippen molar-refractivity contribution < 1.29 is 14.6 Å². The minimum atomic E-state index is -0.555. The van der Waals surface area contributed by atoms with Gasteiger partial charge in [0.25, 0.3) is 0 Å². The molecule has 1 N–H and O–H groups in total. The van der Waals surface area contributed by atoms with Crippen LogP contribution < -0.4 is 4.74 Å². The topological polar surface area (TPSA) is 49.8 Å². The fourth-order valence-corrected chi connectivity index (χ4v) is 2.93. The van der Waals surface area contributed by atoms with E-state index in [1.165, 1.54) is 11.1 Å². The van der Waals surface area contributed by atoms with Crippen molar-refractivity contribution in [2.24, 2.45) is 0 Å². The fraction of sp³-hybridized carbons (Fsp3) is 0.316. The second-order valence-electron chi connectivity index (χ2n) is 5.91. The van der Waals surface area contributed by atoms with Crippen molar-refractivity contribution in [1.29, 1.82) is 0 Å². The van der Waals surface area contributed by atoms with E-state index in [0.29, 0.717) is 17.9 Å². The average Bonchev–Trinajstić information content (AvgIpc) is 2.60. The number of benzene rings is 2. The van der Waals surface area contributed by atoms with Crippen molar-refractivity contribution in [3.05, 3.63) is 65.2 Å². The zero-order chi connectivity index (χ0) is 16.1. The zero-order valence-electron chi connectivity index (χ0n) is 13.0. The second-order valence-corrected chi connectivity index (χ2v) is 5.91. The van der Waals surface area contributed by atoms with Crippen molar-refractivity contribution in [2.45, 2.75) is 19.1 Å². The number of carbonyl (C=O) groups excluding carboxylic acids is 1.